The molecule has 0 saturated carbocycles. The van der Waals surface area contributed by atoms with E-state index in [0.29, 0.717) is 25.1 Å². The van der Waals surface area contributed by atoms with Crippen molar-refractivity contribution in [3.63, 3.8) is 0 Å². The largest absolute Gasteiger partial charge is 0.444 e. The van der Waals surface area contributed by atoms with E-state index in [0.717, 1.165) is 5.56 Å². The van der Waals surface area contributed by atoms with Gasteiger partial charge in [-0.3, -0.25) is 4.79 Å². The van der Waals surface area contributed by atoms with Gasteiger partial charge in [-0.15, -0.1) is 0 Å². The van der Waals surface area contributed by atoms with Crippen LogP contribution in [0.3, 0.4) is 0 Å². The van der Waals surface area contributed by atoms with E-state index in [4.69, 9.17) is 4.74 Å². The number of hydrogen-bond donors (Lipinski definition) is 1. The Labute approximate surface area is 118 Å². The van der Waals surface area contributed by atoms with Gasteiger partial charge in [-0.25, -0.2) is 4.79 Å². The monoisotopic (exact) mass is 276 g/mol. The Morgan fingerprint density at radius 3 is 2.75 bits per heavy atom. The molecule has 0 spiro atoms. The molecule has 1 aromatic carbocycles. The Balaban J connectivity index is 1.81. The lowest BCUT2D eigenvalue weighted by atomic mass is 10.1. The maximum absolute atomic E-state index is 12.0. The topological polar surface area (TPSA) is 58.6 Å². The zero-order valence-electron chi connectivity index (χ0n) is 12.1. The van der Waals surface area contributed by atoms with E-state index in [1.807, 2.05) is 32.0 Å². The second-order valence-corrected chi connectivity index (χ2v) is 5.23. The normalized spacial score (nSPS) is 18.1. The maximum atomic E-state index is 12.0. The molecule has 1 heterocycles. The molecule has 1 atom stereocenters. The van der Waals surface area contributed by atoms with Gasteiger partial charge in [-0.05, 0) is 37.1 Å². The van der Waals surface area contributed by atoms with Gasteiger partial charge in [0.25, 0.3) is 5.91 Å². The summed E-state index contributed by atoms with van der Waals surface area (Å²) in [5.74, 6) is -0.0919. The molecule has 2 amide bonds. The third kappa shape index (κ3) is 3.29. The van der Waals surface area contributed by atoms with Crippen molar-refractivity contribution in [3.05, 3.63) is 34.9 Å². The standard InChI is InChI=1S/C15H20N2O3/c1-10-4-5-12(8-11(10)2)14(18)16-7-6-13-9-17(3)15(19)20-13/h4-5,8,13H,6-7,9H2,1-3H3,(H,16,18). The number of rotatable bonds is 4. The summed E-state index contributed by atoms with van der Waals surface area (Å²) in [6, 6.07) is 5.65. The van der Waals surface area contributed by atoms with Crippen LogP contribution >= 0.6 is 0 Å². The summed E-state index contributed by atoms with van der Waals surface area (Å²) in [4.78, 5) is 24.7. The summed E-state index contributed by atoms with van der Waals surface area (Å²) in [6.07, 6.45) is 0.204. The number of likely N-dealkylation sites (N-methyl/N-ethyl adjacent to an activating group) is 1. The number of nitrogens with zero attached hydrogens (tertiary/aromatic N) is 1. The molecule has 0 bridgehead atoms. The summed E-state index contributed by atoms with van der Waals surface area (Å²) < 4.78 is 5.13. The number of amides is 2. The zero-order chi connectivity index (χ0) is 14.7. The molecule has 1 aliphatic heterocycles. The Hall–Kier alpha value is -2.04. The van der Waals surface area contributed by atoms with Gasteiger partial charge in [0.2, 0.25) is 0 Å². The first kappa shape index (κ1) is 14.4. The minimum absolute atomic E-state index is 0.0919. The minimum Gasteiger partial charge on any atom is -0.444 e. The average molecular weight is 276 g/mol. The summed E-state index contributed by atoms with van der Waals surface area (Å²) >= 11 is 0. The SMILES string of the molecule is Cc1ccc(C(=O)NCCC2CN(C)C(=O)O2)cc1C. The van der Waals surface area contributed by atoms with Crippen LogP contribution < -0.4 is 5.32 Å². The third-order valence-corrected chi connectivity index (χ3v) is 3.58. The number of nitrogens with one attached hydrogen (secondary N) is 1. The van der Waals surface area contributed by atoms with E-state index in [9.17, 15) is 9.59 Å². The minimum atomic E-state index is -0.296. The first-order valence-corrected chi connectivity index (χ1v) is 6.74. The van der Waals surface area contributed by atoms with E-state index >= 15 is 0 Å². The molecule has 0 radical (unpaired) electrons. The van der Waals surface area contributed by atoms with Crippen molar-refractivity contribution >= 4 is 12.0 Å². The van der Waals surface area contributed by atoms with Crippen LogP contribution in [-0.2, 0) is 4.74 Å². The number of carbonyl (C=O) groups excluding carboxylic acids is 2. The van der Waals surface area contributed by atoms with E-state index < -0.39 is 0 Å². The quantitative estimate of drug-likeness (QED) is 0.913. The van der Waals surface area contributed by atoms with Crippen LogP contribution in [0.15, 0.2) is 18.2 Å². The first-order valence-electron chi connectivity index (χ1n) is 6.74. The van der Waals surface area contributed by atoms with Gasteiger partial charge in [-0.2, -0.15) is 0 Å². The van der Waals surface area contributed by atoms with Crippen LogP contribution in [0.25, 0.3) is 0 Å². The molecule has 0 aromatic heterocycles. The Morgan fingerprint density at radius 2 is 2.15 bits per heavy atom. The molecule has 5 nitrogen and oxygen atoms in total. The van der Waals surface area contributed by atoms with Gasteiger partial charge in [0.05, 0.1) is 6.54 Å². The van der Waals surface area contributed by atoms with Crippen LogP contribution in [0.4, 0.5) is 4.79 Å². The van der Waals surface area contributed by atoms with E-state index in [-0.39, 0.29) is 18.1 Å². The maximum Gasteiger partial charge on any atom is 0.409 e. The molecule has 1 unspecified atom stereocenters. The number of aryl methyl sites for hydroxylation is 2. The van der Waals surface area contributed by atoms with Gasteiger partial charge in [0.15, 0.2) is 0 Å². The second-order valence-electron chi connectivity index (χ2n) is 5.23. The molecular formula is C15H20N2O3. The smallest absolute Gasteiger partial charge is 0.409 e. The van der Waals surface area contributed by atoms with Gasteiger partial charge in [-0.1, -0.05) is 6.07 Å². The lowest BCUT2D eigenvalue weighted by Crippen LogP contribution is -2.28. The number of ether oxygens (including phenoxy) is 1. The molecular weight excluding hydrogens is 256 g/mol. The lowest BCUT2D eigenvalue weighted by Gasteiger charge is -2.10. The highest BCUT2D eigenvalue weighted by atomic mass is 16.6. The molecule has 1 aromatic rings. The molecule has 20 heavy (non-hydrogen) atoms. The fraction of sp³-hybridized carbons (Fsp3) is 0.467. The van der Waals surface area contributed by atoms with Crippen molar-refractivity contribution in [2.75, 3.05) is 20.1 Å². The van der Waals surface area contributed by atoms with Gasteiger partial charge in [0.1, 0.15) is 6.10 Å². The van der Waals surface area contributed by atoms with Crippen LogP contribution in [0, 0.1) is 13.8 Å². The van der Waals surface area contributed by atoms with Gasteiger partial charge in [0, 0.05) is 25.6 Å². The van der Waals surface area contributed by atoms with Gasteiger partial charge >= 0.3 is 6.09 Å². The molecule has 2 rings (SSSR count). The molecule has 5 heteroatoms. The summed E-state index contributed by atoms with van der Waals surface area (Å²) in [7, 11) is 1.70. The number of carbonyl (C=O) groups is 2. The van der Waals surface area contributed by atoms with Crippen molar-refractivity contribution in [2.45, 2.75) is 26.4 Å². The van der Waals surface area contributed by atoms with Crippen LogP contribution in [0.1, 0.15) is 27.9 Å². The molecule has 0 aliphatic carbocycles. The Kier molecular flexibility index (Phi) is 4.27. The van der Waals surface area contributed by atoms with Gasteiger partial charge < -0.3 is 15.0 Å². The number of hydrogen-bond acceptors (Lipinski definition) is 3. The highest BCUT2D eigenvalue weighted by Gasteiger charge is 2.27. The molecule has 1 N–H and O–H groups in total. The van der Waals surface area contributed by atoms with E-state index in [1.54, 1.807) is 7.05 Å². The fourth-order valence-corrected chi connectivity index (χ4v) is 2.13. The summed E-state index contributed by atoms with van der Waals surface area (Å²) in [6.45, 7) is 5.08. The van der Waals surface area contributed by atoms with Crippen molar-refractivity contribution in [3.8, 4) is 0 Å². The highest BCUT2D eigenvalue weighted by molar-refractivity contribution is 5.94. The predicted octanol–water partition coefficient (Wildman–Crippen LogP) is 1.87. The van der Waals surface area contributed by atoms with E-state index in [2.05, 4.69) is 5.32 Å². The average Bonchev–Trinajstić information content (AvgIpc) is 2.72. The molecule has 108 valence electrons. The highest BCUT2D eigenvalue weighted by Crippen LogP contribution is 2.12. The summed E-state index contributed by atoms with van der Waals surface area (Å²) in [5.41, 5.74) is 2.93. The fourth-order valence-electron chi connectivity index (χ4n) is 2.13. The zero-order valence-corrected chi connectivity index (χ0v) is 12.1. The van der Waals surface area contributed by atoms with Crippen LogP contribution in [0.5, 0.6) is 0 Å². The predicted molar refractivity (Wildman–Crippen MR) is 75.8 cm³/mol. The van der Waals surface area contributed by atoms with Crippen molar-refractivity contribution < 1.29 is 14.3 Å². The van der Waals surface area contributed by atoms with Crippen LogP contribution in [-0.4, -0.2) is 43.1 Å². The Bertz CT molecular complexity index is 528. The van der Waals surface area contributed by atoms with Crippen molar-refractivity contribution in [2.24, 2.45) is 0 Å². The number of benzene rings is 1. The second kappa shape index (κ2) is 5.94. The third-order valence-electron chi connectivity index (χ3n) is 3.58. The van der Waals surface area contributed by atoms with Crippen LogP contribution in [0.2, 0.25) is 0 Å². The lowest BCUT2D eigenvalue weighted by molar-refractivity contribution is 0.0944. The Morgan fingerprint density at radius 1 is 1.40 bits per heavy atom. The molecule has 1 fully saturated rings. The molecule has 1 aliphatic rings. The number of cyclic esters (lactones) is 1. The van der Waals surface area contributed by atoms with E-state index in [1.165, 1.54) is 10.5 Å². The molecule has 1 saturated heterocycles. The first-order chi connectivity index (χ1) is 9.47. The van der Waals surface area contributed by atoms with Crippen molar-refractivity contribution in [1.82, 2.24) is 10.2 Å². The van der Waals surface area contributed by atoms with Crippen molar-refractivity contribution in [1.29, 1.82) is 0 Å². The summed E-state index contributed by atoms with van der Waals surface area (Å²) in [5, 5.41) is 2.85.